The molecular formula is C16H22N6O2. The van der Waals surface area contributed by atoms with Crippen molar-refractivity contribution < 1.29 is 10.2 Å². The summed E-state index contributed by atoms with van der Waals surface area (Å²) in [6.07, 6.45) is 5.82. The highest BCUT2D eigenvalue weighted by molar-refractivity contribution is 5.50. The molecule has 0 aliphatic carbocycles. The quantitative estimate of drug-likeness (QED) is 0.701. The summed E-state index contributed by atoms with van der Waals surface area (Å²) in [7, 11) is 0. The number of aliphatic hydroxyl groups excluding tert-OH is 2. The van der Waals surface area contributed by atoms with Gasteiger partial charge in [-0.05, 0) is 19.9 Å². The number of nitrogens with one attached hydrogen (secondary N) is 1. The molecule has 1 aliphatic rings. The Morgan fingerprint density at radius 2 is 2.08 bits per heavy atom. The van der Waals surface area contributed by atoms with Gasteiger partial charge in [-0.25, -0.2) is 15.0 Å². The third-order valence-corrected chi connectivity index (χ3v) is 4.25. The summed E-state index contributed by atoms with van der Waals surface area (Å²) >= 11 is 0. The van der Waals surface area contributed by atoms with E-state index in [1.165, 1.54) is 0 Å². The maximum atomic E-state index is 9.35. The molecule has 3 N–H and O–H groups in total. The van der Waals surface area contributed by atoms with E-state index in [4.69, 9.17) is 0 Å². The zero-order chi connectivity index (χ0) is 16.9. The first-order valence-corrected chi connectivity index (χ1v) is 8.04. The molecule has 0 radical (unpaired) electrons. The molecule has 0 amide bonds. The molecule has 2 aromatic heterocycles. The molecule has 0 spiro atoms. The van der Waals surface area contributed by atoms with Gasteiger partial charge in [0.2, 0.25) is 0 Å². The summed E-state index contributed by atoms with van der Waals surface area (Å²) in [6, 6.07) is 1.73. The molecule has 0 bridgehead atoms. The fourth-order valence-corrected chi connectivity index (χ4v) is 3.01. The van der Waals surface area contributed by atoms with Crippen LogP contribution < -0.4 is 5.32 Å². The van der Waals surface area contributed by atoms with E-state index in [-0.39, 0.29) is 25.2 Å². The van der Waals surface area contributed by atoms with Gasteiger partial charge in [0.15, 0.2) is 0 Å². The third kappa shape index (κ3) is 3.84. The van der Waals surface area contributed by atoms with Crippen LogP contribution in [0.5, 0.6) is 0 Å². The van der Waals surface area contributed by atoms with Crippen molar-refractivity contribution in [3.63, 3.8) is 0 Å². The summed E-state index contributed by atoms with van der Waals surface area (Å²) in [4.78, 5) is 19.3. The van der Waals surface area contributed by atoms with E-state index in [1.807, 2.05) is 13.0 Å². The van der Waals surface area contributed by atoms with Gasteiger partial charge in [-0.3, -0.25) is 9.88 Å². The second-order valence-electron chi connectivity index (χ2n) is 5.94. The van der Waals surface area contributed by atoms with Crippen molar-refractivity contribution in [2.24, 2.45) is 0 Å². The lowest BCUT2D eigenvalue weighted by atomic mass is 10.0. The van der Waals surface area contributed by atoms with Crippen LogP contribution in [-0.2, 0) is 0 Å². The summed E-state index contributed by atoms with van der Waals surface area (Å²) in [5.74, 6) is 2.28. The highest BCUT2D eigenvalue weighted by Crippen LogP contribution is 2.28. The van der Waals surface area contributed by atoms with Gasteiger partial charge in [0.05, 0.1) is 31.1 Å². The van der Waals surface area contributed by atoms with Gasteiger partial charge in [-0.2, -0.15) is 0 Å². The van der Waals surface area contributed by atoms with Crippen molar-refractivity contribution >= 4 is 11.6 Å². The maximum absolute atomic E-state index is 9.35. The molecule has 1 saturated heterocycles. The molecule has 0 unspecified atom stereocenters. The molecule has 24 heavy (non-hydrogen) atoms. The van der Waals surface area contributed by atoms with Crippen molar-refractivity contribution in [2.45, 2.75) is 25.3 Å². The lowest BCUT2D eigenvalue weighted by Crippen LogP contribution is -2.38. The standard InChI is InChI=1S/C16H22N6O2/c1-11-19-14(12-2-5-22(8-12)13(9-23)10-24)6-15(20-11)21-16-7-17-3-4-18-16/h3-4,6-7,12-13,23-24H,2,5,8-10H2,1H3,(H,18,19,20,21)/t12-/m0/s1. The Hall–Kier alpha value is -2.16. The minimum Gasteiger partial charge on any atom is -0.395 e. The molecule has 3 heterocycles. The Morgan fingerprint density at radius 3 is 2.79 bits per heavy atom. The zero-order valence-corrected chi connectivity index (χ0v) is 13.6. The average Bonchev–Trinajstić information content (AvgIpc) is 3.06. The van der Waals surface area contributed by atoms with E-state index in [9.17, 15) is 10.2 Å². The summed E-state index contributed by atoms with van der Waals surface area (Å²) in [6.45, 7) is 3.40. The van der Waals surface area contributed by atoms with Crippen LogP contribution in [-0.4, -0.2) is 67.4 Å². The van der Waals surface area contributed by atoms with Gasteiger partial charge in [0.25, 0.3) is 0 Å². The van der Waals surface area contributed by atoms with Crippen LogP contribution in [0.1, 0.15) is 23.9 Å². The number of nitrogens with zero attached hydrogens (tertiary/aromatic N) is 5. The van der Waals surface area contributed by atoms with Crippen molar-refractivity contribution in [1.29, 1.82) is 0 Å². The van der Waals surface area contributed by atoms with E-state index >= 15 is 0 Å². The van der Waals surface area contributed by atoms with Crippen molar-refractivity contribution in [2.75, 3.05) is 31.6 Å². The van der Waals surface area contributed by atoms with Crippen molar-refractivity contribution in [3.05, 3.63) is 36.2 Å². The Kier molecular flexibility index (Phi) is 5.29. The van der Waals surface area contributed by atoms with Gasteiger partial charge in [-0.15, -0.1) is 0 Å². The van der Waals surface area contributed by atoms with Crippen LogP contribution in [0.2, 0.25) is 0 Å². The number of likely N-dealkylation sites (tertiary alicyclic amines) is 1. The Balaban J connectivity index is 1.75. The molecule has 8 heteroatoms. The van der Waals surface area contributed by atoms with E-state index in [1.54, 1.807) is 18.6 Å². The van der Waals surface area contributed by atoms with Gasteiger partial charge < -0.3 is 15.5 Å². The average molecular weight is 330 g/mol. The molecule has 128 valence electrons. The van der Waals surface area contributed by atoms with E-state index in [0.29, 0.717) is 17.5 Å². The predicted octanol–water partition coefficient (Wildman–Crippen LogP) is 0.461. The van der Waals surface area contributed by atoms with Crippen LogP contribution >= 0.6 is 0 Å². The smallest absolute Gasteiger partial charge is 0.150 e. The monoisotopic (exact) mass is 330 g/mol. The number of hydrogen-bond donors (Lipinski definition) is 3. The minimum absolute atomic E-state index is 0.0362. The Morgan fingerprint density at radius 1 is 1.25 bits per heavy atom. The Bertz CT molecular complexity index is 665. The summed E-state index contributed by atoms with van der Waals surface area (Å²) in [5.41, 5.74) is 0.964. The summed E-state index contributed by atoms with van der Waals surface area (Å²) < 4.78 is 0. The van der Waals surface area contributed by atoms with Crippen molar-refractivity contribution in [1.82, 2.24) is 24.8 Å². The topological polar surface area (TPSA) is 107 Å². The van der Waals surface area contributed by atoms with Crippen LogP contribution in [0, 0.1) is 6.92 Å². The number of hydrogen-bond acceptors (Lipinski definition) is 8. The molecule has 0 saturated carbocycles. The normalized spacial score (nSPS) is 18.2. The summed E-state index contributed by atoms with van der Waals surface area (Å²) in [5, 5.41) is 21.8. The van der Waals surface area contributed by atoms with Gasteiger partial charge >= 0.3 is 0 Å². The predicted molar refractivity (Wildman–Crippen MR) is 89.0 cm³/mol. The van der Waals surface area contributed by atoms with Gasteiger partial charge in [0, 0.05) is 30.9 Å². The van der Waals surface area contributed by atoms with E-state index in [0.717, 1.165) is 25.2 Å². The lowest BCUT2D eigenvalue weighted by molar-refractivity contribution is 0.0896. The van der Waals surface area contributed by atoms with Crippen molar-refractivity contribution in [3.8, 4) is 0 Å². The molecule has 2 aromatic rings. The van der Waals surface area contributed by atoms with E-state index < -0.39 is 0 Å². The number of rotatable bonds is 6. The zero-order valence-electron chi connectivity index (χ0n) is 13.6. The second-order valence-corrected chi connectivity index (χ2v) is 5.94. The van der Waals surface area contributed by atoms with Crippen LogP contribution in [0.3, 0.4) is 0 Å². The number of aromatic nitrogens is 4. The van der Waals surface area contributed by atoms with E-state index in [2.05, 4.69) is 30.2 Å². The second kappa shape index (κ2) is 7.61. The maximum Gasteiger partial charge on any atom is 0.150 e. The number of anilines is 2. The highest BCUT2D eigenvalue weighted by atomic mass is 16.3. The largest absolute Gasteiger partial charge is 0.395 e. The molecule has 1 fully saturated rings. The third-order valence-electron chi connectivity index (χ3n) is 4.25. The molecule has 3 rings (SSSR count). The molecule has 0 aromatic carbocycles. The number of aryl methyl sites for hydroxylation is 1. The lowest BCUT2D eigenvalue weighted by Gasteiger charge is -2.24. The van der Waals surface area contributed by atoms with Crippen LogP contribution in [0.15, 0.2) is 24.7 Å². The SMILES string of the molecule is Cc1nc(Nc2cnccn2)cc([C@H]2CCN(C(CO)CO)C2)n1. The Labute approximate surface area is 140 Å². The minimum atomic E-state index is -0.199. The molecule has 1 aliphatic heterocycles. The fraction of sp³-hybridized carbons (Fsp3) is 0.500. The first-order valence-electron chi connectivity index (χ1n) is 8.04. The molecular weight excluding hydrogens is 308 g/mol. The molecule has 1 atom stereocenters. The van der Waals surface area contributed by atoms with Gasteiger partial charge in [0.1, 0.15) is 17.5 Å². The fourth-order valence-electron chi connectivity index (χ4n) is 3.01. The number of aliphatic hydroxyl groups is 2. The first-order chi connectivity index (χ1) is 11.7. The molecule has 8 nitrogen and oxygen atoms in total. The first kappa shape index (κ1) is 16.7. The van der Waals surface area contributed by atoms with Crippen LogP contribution in [0.4, 0.5) is 11.6 Å². The highest BCUT2D eigenvalue weighted by Gasteiger charge is 2.29. The van der Waals surface area contributed by atoms with Crippen LogP contribution in [0.25, 0.3) is 0 Å². The van der Waals surface area contributed by atoms with Gasteiger partial charge in [-0.1, -0.05) is 0 Å².